The van der Waals surface area contributed by atoms with E-state index in [1.54, 1.807) is 17.0 Å². The Morgan fingerprint density at radius 3 is 2.29 bits per heavy atom. The number of carbonyl (C=O) groups is 2. The van der Waals surface area contributed by atoms with Gasteiger partial charge in [-0.25, -0.2) is 8.42 Å². The second-order valence-corrected chi connectivity index (χ2v) is 14.8. The monoisotopic (exact) mass is 698 g/mol. The molecule has 1 fully saturated rings. The van der Waals surface area contributed by atoms with Gasteiger partial charge < -0.3 is 15.1 Å². The zero-order chi connectivity index (χ0) is 34.4. The normalized spacial score (nSPS) is 16.8. The summed E-state index contributed by atoms with van der Waals surface area (Å²) in [7, 11) is -3.57. The van der Waals surface area contributed by atoms with Crippen molar-refractivity contribution >= 4 is 44.8 Å². The summed E-state index contributed by atoms with van der Waals surface area (Å²) < 4.78 is 27.6. The van der Waals surface area contributed by atoms with Gasteiger partial charge in [-0.15, -0.1) is 0 Å². The number of piperazine rings is 1. The summed E-state index contributed by atoms with van der Waals surface area (Å²) in [5.41, 5.74) is 5.34. The standard InChI is InChI=1S/C38H41ClN5O4S/c1-49(47,48)44(22-20-28-9-3-2-4-10-28)35-14-8-7-13-34(35)42-23-25-43(26-24-42)38(46)33(27-29-15-17-31(39)18-16-29)41-37(45)36-32-12-6-5-11-30(32)19-21-40-36/h2-18,21,33,36,40H,19-20,22-27H2,1H3,(H,41,45)/t33-,36?/m1/s1. The lowest BCUT2D eigenvalue weighted by Gasteiger charge is -2.39. The van der Waals surface area contributed by atoms with Crippen LogP contribution >= 0.6 is 11.6 Å². The van der Waals surface area contributed by atoms with E-state index < -0.39 is 22.1 Å². The summed E-state index contributed by atoms with van der Waals surface area (Å²) in [5, 5.41) is 6.87. The number of sulfonamides is 1. The van der Waals surface area contributed by atoms with Crippen molar-refractivity contribution in [2.24, 2.45) is 0 Å². The third-order valence-corrected chi connectivity index (χ3v) is 10.6. The molecule has 9 nitrogen and oxygen atoms in total. The molecular formula is C38H41ClN5O4S. The van der Waals surface area contributed by atoms with E-state index >= 15 is 0 Å². The van der Waals surface area contributed by atoms with Crippen LogP contribution in [0.15, 0.2) is 103 Å². The maximum absolute atomic E-state index is 14.2. The van der Waals surface area contributed by atoms with Crippen LogP contribution in [0.3, 0.4) is 0 Å². The summed E-state index contributed by atoms with van der Waals surface area (Å²) in [6, 6.07) is 31.1. The van der Waals surface area contributed by atoms with E-state index in [9.17, 15) is 18.0 Å². The third-order valence-electron chi connectivity index (χ3n) is 9.13. The predicted molar refractivity (Wildman–Crippen MR) is 195 cm³/mol. The Labute approximate surface area is 293 Å². The van der Waals surface area contributed by atoms with Crippen LogP contribution < -0.4 is 19.8 Å². The van der Waals surface area contributed by atoms with Crippen LogP contribution in [0.25, 0.3) is 0 Å². The Hall–Kier alpha value is -4.38. The average Bonchev–Trinajstić information content (AvgIpc) is 3.12. The van der Waals surface area contributed by atoms with Crippen molar-refractivity contribution in [2.45, 2.75) is 31.3 Å². The van der Waals surface area contributed by atoms with Crippen molar-refractivity contribution < 1.29 is 18.0 Å². The third kappa shape index (κ3) is 8.44. The molecule has 1 unspecified atom stereocenters. The van der Waals surface area contributed by atoms with E-state index in [1.165, 1.54) is 10.6 Å². The number of hydrogen-bond donors (Lipinski definition) is 2. The van der Waals surface area contributed by atoms with Gasteiger partial charge in [0.1, 0.15) is 12.1 Å². The largest absolute Gasteiger partial charge is 0.366 e. The Morgan fingerprint density at radius 1 is 0.878 bits per heavy atom. The van der Waals surface area contributed by atoms with Crippen LogP contribution in [0, 0.1) is 6.54 Å². The zero-order valence-electron chi connectivity index (χ0n) is 27.5. The fraction of sp³-hybridized carbons (Fsp3) is 0.289. The van der Waals surface area contributed by atoms with Crippen LogP contribution in [0.5, 0.6) is 0 Å². The first-order valence-electron chi connectivity index (χ1n) is 16.5. The number of carbonyl (C=O) groups excluding carboxylic acids is 2. The minimum atomic E-state index is -3.57. The van der Waals surface area contributed by atoms with Gasteiger partial charge in [0, 0.05) is 50.7 Å². The topological polar surface area (TPSA) is 102 Å². The molecule has 1 radical (unpaired) electrons. The quantitative estimate of drug-likeness (QED) is 0.234. The Kier molecular flexibility index (Phi) is 10.9. The molecule has 4 aromatic rings. The van der Waals surface area contributed by atoms with Gasteiger partial charge in [-0.3, -0.25) is 19.2 Å². The SMILES string of the molecule is CS(=O)(=O)N(CCc1ccccc1)c1ccccc1N1CCN(C(=O)[C@@H](Cc2ccc(Cl)cc2)NC(=O)C2N[CH]Cc3ccccc32)CC1. The van der Waals surface area contributed by atoms with Gasteiger partial charge in [0.05, 0.1) is 17.6 Å². The molecule has 6 rings (SSSR count). The lowest BCUT2D eigenvalue weighted by molar-refractivity contribution is -0.137. The number of benzene rings is 4. The molecule has 1 saturated heterocycles. The molecule has 2 heterocycles. The molecule has 11 heteroatoms. The Morgan fingerprint density at radius 2 is 1.55 bits per heavy atom. The van der Waals surface area contributed by atoms with Crippen LogP contribution in [-0.2, 0) is 38.9 Å². The zero-order valence-corrected chi connectivity index (χ0v) is 29.0. The van der Waals surface area contributed by atoms with Crippen molar-refractivity contribution in [2.75, 3.05) is 48.2 Å². The highest BCUT2D eigenvalue weighted by atomic mass is 35.5. The molecule has 255 valence electrons. The number of hydrogen-bond acceptors (Lipinski definition) is 6. The number of fused-ring (bicyclic) bond motifs is 1. The Balaban J connectivity index is 1.17. The average molecular weight is 699 g/mol. The van der Waals surface area contributed by atoms with Crippen molar-refractivity contribution in [3.63, 3.8) is 0 Å². The van der Waals surface area contributed by atoms with E-state index in [1.807, 2.05) is 97.5 Å². The summed E-state index contributed by atoms with van der Waals surface area (Å²) in [6.07, 6.45) is 2.84. The number of nitrogens with zero attached hydrogens (tertiary/aromatic N) is 3. The second-order valence-electron chi connectivity index (χ2n) is 12.5. The van der Waals surface area contributed by atoms with Crippen LogP contribution in [0.2, 0.25) is 5.02 Å². The van der Waals surface area contributed by atoms with Crippen LogP contribution in [-0.4, -0.2) is 70.2 Å². The van der Waals surface area contributed by atoms with Gasteiger partial charge in [0.2, 0.25) is 21.8 Å². The van der Waals surface area contributed by atoms with Crippen molar-refractivity contribution in [3.05, 3.63) is 137 Å². The number of anilines is 2. The summed E-state index contributed by atoms with van der Waals surface area (Å²) >= 11 is 6.13. The molecule has 0 aliphatic carbocycles. The Bertz CT molecular complexity index is 1860. The molecule has 2 N–H and O–H groups in total. The van der Waals surface area contributed by atoms with Gasteiger partial charge in [-0.2, -0.15) is 0 Å². The number of para-hydroxylation sites is 2. The molecule has 0 saturated carbocycles. The number of nitrogens with one attached hydrogen (secondary N) is 2. The van der Waals surface area contributed by atoms with E-state index in [4.69, 9.17) is 11.6 Å². The minimum absolute atomic E-state index is 0.162. The summed E-state index contributed by atoms with van der Waals surface area (Å²) in [6.45, 7) is 4.04. The molecule has 4 aromatic carbocycles. The van der Waals surface area contributed by atoms with Gasteiger partial charge in [-0.1, -0.05) is 90.5 Å². The first kappa shape index (κ1) is 34.5. The molecule has 2 aliphatic rings. The minimum Gasteiger partial charge on any atom is -0.366 e. The van der Waals surface area contributed by atoms with Gasteiger partial charge in [0.25, 0.3) is 0 Å². The molecule has 0 bridgehead atoms. The van der Waals surface area contributed by atoms with Crippen molar-refractivity contribution in [1.82, 2.24) is 15.5 Å². The fourth-order valence-corrected chi connectivity index (χ4v) is 7.64. The van der Waals surface area contributed by atoms with E-state index in [-0.39, 0.29) is 11.8 Å². The number of amides is 2. The van der Waals surface area contributed by atoms with Crippen molar-refractivity contribution in [3.8, 4) is 0 Å². The summed E-state index contributed by atoms with van der Waals surface area (Å²) in [5.74, 6) is -0.426. The highest BCUT2D eigenvalue weighted by molar-refractivity contribution is 7.92. The van der Waals surface area contributed by atoms with E-state index in [0.717, 1.165) is 34.4 Å². The molecule has 2 atom stereocenters. The highest BCUT2D eigenvalue weighted by Gasteiger charge is 2.33. The molecule has 2 amide bonds. The smallest absolute Gasteiger partial charge is 0.245 e. The van der Waals surface area contributed by atoms with Gasteiger partial charge in [0.15, 0.2) is 0 Å². The fourth-order valence-electron chi connectivity index (χ4n) is 6.58. The number of halogens is 1. The first-order valence-corrected chi connectivity index (χ1v) is 18.7. The molecule has 2 aliphatic heterocycles. The van der Waals surface area contributed by atoms with Crippen LogP contribution in [0.4, 0.5) is 11.4 Å². The molecule has 0 aromatic heterocycles. The molecule has 49 heavy (non-hydrogen) atoms. The van der Waals surface area contributed by atoms with Gasteiger partial charge in [-0.05, 0) is 59.4 Å². The van der Waals surface area contributed by atoms with E-state index in [2.05, 4.69) is 15.5 Å². The lowest BCUT2D eigenvalue weighted by atomic mass is 9.93. The van der Waals surface area contributed by atoms with Crippen molar-refractivity contribution in [1.29, 1.82) is 0 Å². The maximum Gasteiger partial charge on any atom is 0.245 e. The molecular weight excluding hydrogens is 658 g/mol. The summed E-state index contributed by atoms with van der Waals surface area (Å²) in [4.78, 5) is 31.8. The first-order chi connectivity index (χ1) is 23.7. The highest BCUT2D eigenvalue weighted by Crippen LogP contribution is 2.32. The second kappa shape index (κ2) is 15.4. The van der Waals surface area contributed by atoms with Crippen LogP contribution in [0.1, 0.15) is 28.3 Å². The predicted octanol–water partition coefficient (Wildman–Crippen LogP) is 4.77. The maximum atomic E-state index is 14.2. The van der Waals surface area contributed by atoms with E-state index in [0.29, 0.717) is 56.3 Å². The van der Waals surface area contributed by atoms with Gasteiger partial charge >= 0.3 is 0 Å². The number of rotatable bonds is 11. The molecule has 0 spiro atoms. The lowest BCUT2D eigenvalue weighted by Crippen LogP contribution is -2.57.